The molecule has 0 bridgehead atoms. The molecule has 7 heavy (non-hydrogen) atoms. The molecule has 0 saturated heterocycles. The molecule has 0 unspecified atom stereocenters. The second kappa shape index (κ2) is 2.16. The summed E-state index contributed by atoms with van der Waals surface area (Å²) in [6, 6.07) is 0. The minimum Gasteiger partial charge on any atom is -0.575 e. The van der Waals surface area contributed by atoms with Gasteiger partial charge in [-0.3, -0.25) is 0 Å². The van der Waals surface area contributed by atoms with Crippen molar-refractivity contribution < 1.29 is 17.9 Å². The number of halogens is 3. The highest BCUT2D eigenvalue weighted by atomic mass is 19.4. The molecule has 0 radical (unpaired) electrons. The van der Waals surface area contributed by atoms with Crippen LogP contribution in [0.3, 0.4) is 0 Å². The van der Waals surface area contributed by atoms with Crippen LogP contribution in [0.5, 0.6) is 0 Å². The van der Waals surface area contributed by atoms with E-state index in [1.54, 1.807) is 0 Å². The van der Waals surface area contributed by atoms with Crippen molar-refractivity contribution in [3.63, 3.8) is 0 Å². The van der Waals surface area contributed by atoms with E-state index >= 15 is 0 Å². The fourth-order valence-electron chi connectivity index (χ4n) is 0.127. The number of alkyl halides is 3. The number of ether oxygens (including phenoxy) is 1. The van der Waals surface area contributed by atoms with Gasteiger partial charge in [0.15, 0.2) is 0 Å². The lowest BCUT2D eigenvalue weighted by atomic mass is 10.7. The Kier molecular flexibility index (Phi) is 2.08. The second-order valence-corrected chi connectivity index (χ2v) is 0.997. The summed E-state index contributed by atoms with van der Waals surface area (Å²) in [6.07, 6.45) is -4.18. The lowest BCUT2D eigenvalue weighted by molar-refractivity contribution is -0.197. The molecule has 1 N–H and O–H groups in total. The SMILES string of the molecule is [CH2-][OH+]CC(F)(F)F. The van der Waals surface area contributed by atoms with Gasteiger partial charge in [0.2, 0.25) is 6.61 Å². The highest BCUT2D eigenvalue weighted by Gasteiger charge is 2.29. The van der Waals surface area contributed by atoms with Crippen LogP contribution in [0.2, 0.25) is 0 Å². The Hall–Kier alpha value is -0.250. The quantitative estimate of drug-likeness (QED) is 0.354. The summed E-state index contributed by atoms with van der Waals surface area (Å²) < 4.78 is 35.4. The summed E-state index contributed by atoms with van der Waals surface area (Å²) in [5, 5.41) is 0. The van der Waals surface area contributed by atoms with Gasteiger partial charge in [0.25, 0.3) is 0 Å². The van der Waals surface area contributed by atoms with Crippen molar-refractivity contribution in [3.8, 4) is 0 Å². The van der Waals surface area contributed by atoms with E-state index in [1.807, 2.05) is 0 Å². The van der Waals surface area contributed by atoms with Gasteiger partial charge in [-0.1, -0.05) is 7.11 Å². The largest absolute Gasteiger partial charge is 0.575 e. The maximum Gasteiger partial charge on any atom is 0.456 e. The van der Waals surface area contributed by atoms with E-state index in [4.69, 9.17) is 0 Å². The van der Waals surface area contributed by atoms with Crippen molar-refractivity contribution in [2.24, 2.45) is 0 Å². The molecular formula is C3H5F3O. The predicted molar refractivity (Wildman–Crippen MR) is 18.5 cm³/mol. The Morgan fingerprint density at radius 2 is 1.86 bits per heavy atom. The van der Waals surface area contributed by atoms with E-state index in [-0.39, 0.29) is 0 Å². The number of hydrogen-bond acceptors (Lipinski definition) is 0. The van der Waals surface area contributed by atoms with E-state index in [0.717, 1.165) is 0 Å². The first kappa shape index (κ1) is 6.75. The van der Waals surface area contributed by atoms with Gasteiger partial charge in [-0.25, -0.2) is 0 Å². The van der Waals surface area contributed by atoms with Gasteiger partial charge < -0.3 is 4.74 Å². The predicted octanol–water partition coefficient (Wildman–Crippen LogP) is 0.868. The molecule has 0 aromatic carbocycles. The Morgan fingerprint density at radius 1 is 1.43 bits per heavy atom. The molecule has 0 amide bonds. The van der Waals surface area contributed by atoms with Crippen LogP contribution in [0.1, 0.15) is 0 Å². The van der Waals surface area contributed by atoms with Crippen LogP contribution in [-0.2, 0) is 0 Å². The van der Waals surface area contributed by atoms with E-state index in [2.05, 4.69) is 11.8 Å². The van der Waals surface area contributed by atoms with Gasteiger partial charge >= 0.3 is 6.18 Å². The van der Waals surface area contributed by atoms with Crippen LogP contribution in [-0.4, -0.2) is 17.5 Å². The molecule has 0 aromatic heterocycles. The summed E-state index contributed by atoms with van der Waals surface area (Å²) in [5.74, 6) is 0. The Morgan fingerprint density at radius 3 is 1.86 bits per heavy atom. The van der Waals surface area contributed by atoms with Gasteiger partial charge in [0.1, 0.15) is 0 Å². The molecule has 0 aliphatic rings. The van der Waals surface area contributed by atoms with E-state index in [9.17, 15) is 13.2 Å². The second-order valence-electron chi connectivity index (χ2n) is 0.997. The molecule has 0 aliphatic carbocycles. The highest BCUT2D eigenvalue weighted by molar-refractivity contribution is 4.41. The normalized spacial score (nSPS) is 12.0. The zero-order valence-corrected chi connectivity index (χ0v) is 3.50. The molecule has 0 saturated carbocycles. The molecule has 1 nitrogen and oxygen atoms in total. The molecule has 0 fully saturated rings. The lowest BCUT2D eigenvalue weighted by Gasteiger charge is -2.02. The molecule has 0 aliphatic heterocycles. The van der Waals surface area contributed by atoms with Gasteiger partial charge in [0, 0.05) is 0 Å². The van der Waals surface area contributed by atoms with Crippen LogP contribution in [0.15, 0.2) is 0 Å². The summed E-state index contributed by atoms with van der Waals surface area (Å²) in [4.78, 5) is 0. The van der Waals surface area contributed by atoms with Crippen LogP contribution in [0.25, 0.3) is 0 Å². The number of hydrogen-bond donors (Lipinski definition) is 0. The van der Waals surface area contributed by atoms with Gasteiger partial charge in [-0.2, -0.15) is 13.2 Å². The van der Waals surface area contributed by atoms with Crippen molar-refractivity contribution in [2.45, 2.75) is 6.18 Å². The Labute approximate surface area is 39.1 Å². The van der Waals surface area contributed by atoms with E-state index in [0.29, 0.717) is 0 Å². The van der Waals surface area contributed by atoms with E-state index in [1.165, 1.54) is 0 Å². The molecule has 44 valence electrons. The molecular weight excluding hydrogens is 109 g/mol. The molecule has 0 spiro atoms. The standard InChI is InChI=1S/C3H5F3O/c1-7-2-3(4,5)6/h7H,1-2H2. The summed E-state index contributed by atoms with van der Waals surface area (Å²) in [6.45, 7) is -1.15. The Balaban J connectivity index is 3.15. The minimum absolute atomic E-state index is 1.15. The van der Waals surface area contributed by atoms with Crippen LogP contribution < -0.4 is 0 Å². The number of aliphatic hydroxyl groups is 2. The van der Waals surface area contributed by atoms with Crippen molar-refractivity contribution in [2.75, 3.05) is 6.61 Å². The zero-order chi connectivity index (χ0) is 5.91. The van der Waals surface area contributed by atoms with Crippen LogP contribution >= 0.6 is 0 Å². The van der Waals surface area contributed by atoms with Gasteiger partial charge in [-0.15, -0.1) is 0 Å². The average molecular weight is 114 g/mol. The fraction of sp³-hybridized carbons (Fsp3) is 0.667. The topological polar surface area (TPSA) is 12.8 Å². The summed E-state index contributed by atoms with van der Waals surface area (Å²) in [7, 11) is 2.68. The van der Waals surface area contributed by atoms with Crippen LogP contribution in [0, 0.1) is 7.11 Å². The van der Waals surface area contributed by atoms with E-state index < -0.39 is 12.8 Å². The van der Waals surface area contributed by atoms with Crippen molar-refractivity contribution >= 4 is 0 Å². The van der Waals surface area contributed by atoms with Gasteiger partial charge in [-0.05, 0) is 0 Å². The average Bonchev–Trinajstić information content (AvgIpc) is 1.30. The third-order valence-corrected chi connectivity index (χ3v) is 0.291. The third kappa shape index (κ3) is 5.75. The molecule has 0 aromatic rings. The lowest BCUT2D eigenvalue weighted by Crippen LogP contribution is -2.16. The highest BCUT2D eigenvalue weighted by Crippen LogP contribution is 2.12. The first-order chi connectivity index (χ1) is 3.06. The first-order valence-electron chi connectivity index (χ1n) is 1.55. The Bertz CT molecular complexity index is 48.6. The molecule has 0 atom stereocenters. The molecule has 0 heterocycles. The minimum atomic E-state index is -4.18. The van der Waals surface area contributed by atoms with Gasteiger partial charge in [0.05, 0.1) is 0 Å². The van der Waals surface area contributed by atoms with Crippen molar-refractivity contribution in [1.82, 2.24) is 0 Å². The third-order valence-electron chi connectivity index (χ3n) is 0.291. The monoisotopic (exact) mass is 114 g/mol. The maximum atomic E-state index is 10.9. The number of rotatable bonds is 1. The first-order valence-corrected chi connectivity index (χ1v) is 1.55. The fourth-order valence-corrected chi connectivity index (χ4v) is 0.127. The molecule has 4 heteroatoms. The van der Waals surface area contributed by atoms with Crippen molar-refractivity contribution in [1.29, 1.82) is 0 Å². The summed E-state index contributed by atoms with van der Waals surface area (Å²) >= 11 is 0. The molecule has 0 rings (SSSR count). The smallest absolute Gasteiger partial charge is 0.456 e. The van der Waals surface area contributed by atoms with Crippen molar-refractivity contribution in [3.05, 3.63) is 7.11 Å². The van der Waals surface area contributed by atoms with Crippen LogP contribution in [0.4, 0.5) is 13.2 Å². The zero-order valence-electron chi connectivity index (χ0n) is 3.50. The summed E-state index contributed by atoms with van der Waals surface area (Å²) in [5.41, 5.74) is 0. The maximum absolute atomic E-state index is 10.9.